The molecule has 2 aliphatic heterocycles. The molecule has 0 radical (unpaired) electrons. The van der Waals surface area contributed by atoms with Gasteiger partial charge in [0.2, 0.25) is 0 Å². The van der Waals surface area contributed by atoms with Crippen LogP contribution in [0.25, 0.3) is 0 Å². The summed E-state index contributed by atoms with van der Waals surface area (Å²) in [5.41, 5.74) is 1.28. The molecule has 2 heterocycles. The van der Waals surface area contributed by atoms with Gasteiger partial charge < -0.3 is 9.47 Å². The van der Waals surface area contributed by atoms with E-state index < -0.39 is 0 Å². The number of carbonyl (C=O) groups is 1. The van der Waals surface area contributed by atoms with Crippen molar-refractivity contribution in [3.05, 3.63) is 29.3 Å². The van der Waals surface area contributed by atoms with Gasteiger partial charge in [-0.1, -0.05) is 18.6 Å². The molecule has 3 nitrogen and oxygen atoms in total. The molecular weight excluding hydrogens is 252 g/mol. The van der Waals surface area contributed by atoms with Crippen LogP contribution in [0.4, 0.5) is 0 Å². The third-order valence-corrected chi connectivity index (χ3v) is 4.70. The van der Waals surface area contributed by atoms with E-state index in [1.165, 1.54) is 0 Å². The zero-order chi connectivity index (χ0) is 14.4. The van der Waals surface area contributed by atoms with Crippen molar-refractivity contribution in [3.63, 3.8) is 0 Å². The molecule has 0 aliphatic carbocycles. The predicted octanol–water partition coefficient (Wildman–Crippen LogP) is 3.68. The van der Waals surface area contributed by atoms with E-state index in [-0.39, 0.29) is 17.0 Å². The van der Waals surface area contributed by atoms with Crippen LogP contribution in [-0.4, -0.2) is 23.6 Å². The molecule has 2 aliphatic rings. The second-order valence-corrected chi connectivity index (χ2v) is 6.46. The lowest BCUT2D eigenvalue weighted by Gasteiger charge is -2.47. The molecule has 2 unspecified atom stereocenters. The van der Waals surface area contributed by atoms with E-state index in [2.05, 4.69) is 13.8 Å². The Morgan fingerprint density at radius 3 is 2.90 bits per heavy atom. The lowest BCUT2D eigenvalue weighted by molar-refractivity contribution is -0.144. The molecule has 0 bridgehead atoms. The third-order valence-electron chi connectivity index (χ3n) is 4.70. The fourth-order valence-electron chi connectivity index (χ4n) is 3.38. The average Bonchev–Trinajstić information content (AvgIpc) is 2.40. The van der Waals surface area contributed by atoms with Crippen molar-refractivity contribution >= 4 is 5.78 Å². The van der Waals surface area contributed by atoms with Gasteiger partial charge in [0, 0.05) is 12.8 Å². The molecule has 1 aromatic rings. The maximum atomic E-state index is 12.5. The molecule has 1 saturated heterocycles. The Hall–Kier alpha value is -1.35. The van der Waals surface area contributed by atoms with Gasteiger partial charge in [-0.25, -0.2) is 0 Å². The molecule has 20 heavy (non-hydrogen) atoms. The van der Waals surface area contributed by atoms with Gasteiger partial charge in [-0.05, 0) is 32.4 Å². The van der Waals surface area contributed by atoms with E-state index in [4.69, 9.17) is 9.47 Å². The van der Waals surface area contributed by atoms with Gasteiger partial charge in [0.05, 0.1) is 24.2 Å². The van der Waals surface area contributed by atoms with Crippen molar-refractivity contribution in [1.29, 1.82) is 0 Å². The molecule has 0 aromatic heterocycles. The summed E-state index contributed by atoms with van der Waals surface area (Å²) in [5.74, 6) is 0.947. The van der Waals surface area contributed by atoms with Crippen molar-refractivity contribution in [3.8, 4) is 5.75 Å². The molecule has 0 N–H and O–H groups in total. The first-order valence-electron chi connectivity index (χ1n) is 7.42. The summed E-state index contributed by atoms with van der Waals surface area (Å²) < 4.78 is 12.2. The summed E-state index contributed by atoms with van der Waals surface area (Å²) in [4.78, 5) is 12.5. The summed E-state index contributed by atoms with van der Waals surface area (Å²) in [6, 6.07) is 5.87. The topological polar surface area (TPSA) is 35.5 Å². The van der Waals surface area contributed by atoms with Gasteiger partial charge in [-0.15, -0.1) is 0 Å². The summed E-state index contributed by atoms with van der Waals surface area (Å²) in [6.45, 7) is 6.91. The smallest absolute Gasteiger partial charge is 0.170 e. The number of aryl methyl sites for hydroxylation is 1. The number of Topliss-reactive ketones (excluding diaryl/α,β-unsaturated/α-hetero) is 1. The van der Waals surface area contributed by atoms with Crippen LogP contribution < -0.4 is 4.74 Å². The van der Waals surface area contributed by atoms with Gasteiger partial charge in [-0.3, -0.25) is 4.79 Å². The quantitative estimate of drug-likeness (QED) is 0.783. The molecule has 1 spiro atoms. The number of ether oxygens (including phenoxy) is 2. The molecule has 3 rings (SSSR count). The van der Waals surface area contributed by atoms with E-state index in [9.17, 15) is 4.79 Å². The van der Waals surface area contributed by atoms with Crippen LogP contribution in [0.3, 0.4) is 0 Å². The Kier molecular flexibility index (Phi) is 3.13. The van der Waals surface area contributed by atoms with Gasteiger partial charge in [0.1, 0.15) is 11.4 Å². The Morgan fingerprint density at radius 2 is 2.15 bits per heavy atom. The van der Waals surface area contributed by atoms with Gasteiger partial charge in [0.15, 0.2) is 5.78 Å². The molecule has 108 valence electrons. The molecule has 2 atom stereocenters. The molecular formula is C17H22O3. The van der Waals surface area contributed by atoms with Gasteiger partial charge >= 0.3 is 0 Å². The van der Waals surface area contributed by atoms with Crippen LogP contribution in [-0.2, 0) is 4.74 Å². The van der Waals surface area contributed by atoms with Crippen molar-refractivity contribution in [2.75, 3.05) is 6.61 Å². The Balaban J connectivity index is 1.94. The van der Waals surface area contributed by atoms with E-state index >= 15 is 0 Å². The maximum Gasteiger partial charge on any atom is 0.170 e. The standard InChI is InChI=1S/C17H22O3/c1-4-16(3)11-17(7-8-19-16)10-14(18)13-9-12(2)5-6-15(13)20-17/h5-6,9H,4,7-8,10-11H2,1-3H3. The van der Waals surface area contributed by atoms with Gasteiger partial charge in [0.25, 0.3) is 0 Å². The van der Waals surface area contributed by atoms with Crippen LogP contribution in [0.5, 0.6) is 5.75 Å². The maximum absolute atomic E-state index is 12.5. The normalized spacial score (nSPS) is 32.9. The SMILES string of the molecule is CCC1(C)CC2(CCO1)CC(=O)c1cc(C)ccc1O2. The number of fused-ring (bicyclic) bond motifs is 1. The Morgan fingerprint density at radius 1 is 1.35 bits per heavy atom. The molecule has 0 amide bonds. The number of carbonyl (C=O) groups excluding carboxylic acids is 1. The third kappa shape index (κ3) is 2.24. The molecule has 1 aromatic carbocycles. The van der Waals surface area contributed by atoms with Crippen molar-refractivity contribution < 1.29 is 14.3 Å². The zero-order valence-electron chi connectivity index (χ0n) is 12.5. The summed E-state index contributed by atoms with van der Waals surface area (Å²) in [5, 5.41) is 0. The van der Waals surface area contributed by atoms with Gasteiger partial charge in [-0.2, -0.15) is 0 Å². The average molecular weight is 274 g/mol. The predicted molar refractivity (Wildman–Crippen MR) is 77.4 cm³/mol. The summed E-state index contributed by atoms with van der Waals surface area (Å²) in [6.07, 6.45) is 2.99. The Labute approximate surface area is 120 Å². The highest BCUT2D eigenvalue weighted by Crippen LogP contribution is 2.44. The Bertz CT molecular complexity index is 551. The minimum absolute atomic E-state index is 0.180. The second kappa shape index (κ2) is 4.59. The summed E-state index contributed by atoms with van der Waals surface area (Å²) >= 11 is 0. The highest BCUT2D eigenvalue weighted by Gasteiger charge is 2.48. The van der Waals surface area contributed by atoms with Crippen LogP contribution in [0.2, 0.25) is 0 Å². The van der Waals surface area contributed by atoms with Crippen molar-refractivity contribution in [2.24, 2.45) is 0 Å². The second-order valence-electron chi connectivity index (χ2n) is 6.46. The summed E-state index contributed by atoms with van der Waals surface area (Å²) in [7, 11) is 0. The van der Waals surface area contributed by atoms with E-state index in [1.807, 2.05) is 25.1 Å². The number of rotatable bonds is 1. The van der Waals surface area contributed by atoms with Crippen LogP contribution in [0, 0.1) is 6.92 Å². The highest BCUT2D eigenvalue weighted by atomic mass is 16.5. The number of benzene rings is 1. The van der Waals surface area contributed by atoms with E-state index in [0.29, 0.717) is 13.0 Å². The first kappa shape index (κ1) is 13.6. The zero-order valence-corrected chi connectivity index (χ0v) is 12.5. The van der Waals surface area contributed by atoms with Crippen molar-refractivity contribution in [2.45, 2.75) is 57.7 Å². The first-order chi connectivity index (χ1) is 9.45. The molecule has 1 fully saturated rings. The minimum atomic E-state index is -0.373. The number of hydrogen-bond donors (Lipinski definition) is 0. The fraction of sp³-hybridized carbons (Fsp3) is 0.588. The monoisotopic (exact) mass is 274 g/mol. The lowest BCUT2D eigenvalue weighted by Crippen LogP contribution is -2.53. The fourth-order valence-corrected chi connectivity index (χ4v) is 3.38. The molecule has 0 saturated carbocycles. The van der Waals surface area contributed by atoms with E-state index in [1.54, 1.807) is 0 Å². The first-order valence-corrected chi connectivity index (χ1v) is 7.42. The lowest BCUT2D eigenvalue weighted by atomic mass is 9.76. The molecule has 3 heteroatoms. The highest BCUT2D eigenvalue weighted by molar-refractivity contribution is 6.00. The van der Waals surface area contributed by atoms with Crippen LogP contribution in [0.15, 0.2) is 18.2 Å². The van der Waals surface area contributed by atoms with E-state index in [0.717, 1.165) is 36.1 Å². The van der Waals surface area contributed by atoms with Crippen molar-refractivity contribution in [1.82, 2.24) is 0 Å². The van der Waals surface area contributed by atoms with Crippen LogP contribution in [0.1, 0.15) is 55.5 Å². The van der Waals surface area contributed by atoms with Crippen LogP contribution >= 0.6 is 0 Å². The number of ketones is 1. The minimum Gasteiger partial charge on any atom is -0.486 e. The largest absolute Gasteiger partial charge is 0.486 e. The number of hydrogen-bond acceptors (Lipinski definition) is 3.